The van der Waals surface area contributed by atoms with Crippen molar-refractivity contribution in [3.63, 3.8) is 0 Å². The molecule has 170 valence electrons. The molecule has 0 bridgehead atoms. The van der Waals surface area contributed by atoms with Gasteiger partial charge < -0.3 is 19.9 Å². The fourth-order valence-corrected chi connectivity index (χ4v) is 5.13. The number of rotatable bonds is 5. The summed E-state index contributed by atoms with van der Waals surface area (Å²) in [7, 11) is 0. The van der Waals surface area contributed by atoms with Gasteiger partial charge in [0.1, 0.15) is 5.82 Å². The molecular formula is C23H32FIN4OS. The number of benzene rings is 1. The van der Waals surface area contributed by atoms with E-state index in [0.29, 0.717) is 6.54 Å². The molecule has 2 aliphatic heterocycles. The topological polar surface area (TPSA) is 40.1 Å². The molecule has 2 fully saturated rings. The van der Waals surface area contributed by atoms with E-state index in [1.54, 1.807) is 23.5 Å². The van der Waals surface area contributed by atoms with E-state index < -0.39 is 0 Å². The molecule has 2 saturated heterocycles. The molecule has 2 aliphatic rings. The van der Waals surface area contributed by atoms with Crippen molar-refractivity contribution in [3.8, 4) is 0 Å². The van der Waals surface area contributed by atoms with Crippen LogP contribution >= 0.6 is 35.3 Å². The molecule has 4 rings (SSSR count). The lowest BCUT2D eigenvalue weighted by Crippen LogP contribution is -2.53. The lowest BCUT2D eigenvalue weighted by atomic mass is 9.74. The molecule has 0 aliphatic carbocycles. The molecule has 0 unspecified atom stereocenters. The Labute approximate surface area is 205 Å². The Morgan fingerprint density at radius 2 is 1.84 bits per heavy atom. The first-order valence-corrected chi connectivity index (χ1v) is 11.7. The second-order valence-corrected chi connectivity index (χ2v) is 8.92. The molecule has 8 heteroatoms. The van der Waals surface area contributed by atoms with Gasteiger partial charge in [-0.1, -0.05) is 12.1 Å². The Balaban J connectivity index is 0.00000272. The molecule has 31 heavy (non-hydrogen) atoms. The summed E-state index contributed by atoms with van der Waals surface area (Å²) >= 11 is 1.80. The standard InChI is InChI=1S/C23H31FN4OS.HI/c1-2-25-22(28-13-11-27(12-14-28)21-4-3-17-30-21)26-18-23(9-15-29-16-10-23)19-5-7-20(24)8-6-19;/h3-8,17H,2,9-16,18H2,1H3,(H,25,26);1H. The van der Waals surface area contributed by atoms with Crippen LogP contribution in [0.3, 0.4) is 0 Å². The van der Waals surface area contributed by atoms with Gasteiger partial charge in [-0.15, -0.1) is 35.3 Å². The highest BCUT2D eigenvalue weighted by atomic mass is 127. The van der Waals surface area contributed by atoms with Gasteiger partial charge in [0.05, 0.1) is 11.5 Å². The normalized spacial score (nSPS) is 19.1. The van der Waals surface area contributed by atoms with Gasteiger partial charge >= 0.3 is 0 Å². The van der Waals surface area contributed by atoms with E-state index in [1.807, 2.05) is 12.1 Å². The molecule has 5 nitrogen and oxygen atoms in total. The Bertz CT molecular complexity index is 817. The molecule has 1 N–H and O–H groups in total. The zero-order valence-electron chi connectivity index (χ0n) is 18.1. The van der Waals surface area contributed by atoms with E-state index in [1.165, 1.54) is 5.00 Å². The summed E-state index contributed by atoms with van der Waals surface area (Å²) in [5.41, 5.74) is 1.07. The third-order valence-electron chi connectivity index (χ3n) is 6.17. The third kappa shape index (κ3) is 5.90. The molecule has 0 atom stereocenters. The number of nitrogens with one attached hydrogen (secondary N) is 1. The monoisotopic (exact) mass is 558 g/mol. The van der Waals surface area contributed by atoms with Crippen molar-refractivity contribution in [2.24, 2.45) is 4.99 Å². The van der Waals surface area contributed by atoms with Crippen LogP contribution in [0.1, 0.15) is 25.3 Å². The van der Waals surface area contributed by atoms with Crippen LogP contribution in [0.15, 0.2) is 46.8 Å². The summed E-state index contributed by atoms with van der Waals surface area (Å²) in [6.45, 7) is 9.01. The highest BCUT2D eigenvalue weighted by Crippen LogP contribution is 2.35. The molecule has 1 aromatic heterocycles. The Morgan fingerprint density at radius 1 is 1.13 bits per heavy atom. The van der Waals surface area contributed by atoms with Crippen molar-refractivity contribution in [1.82, 2.24) is 10.2 Å². The van der Waals surface area contributed by atoms with Gasteiger partial charge in [0.15, 0.2) is 5.96 Å². The zero-order valence-corrected chi connectivity index (χ0v) is 21.2. The number of halogens is 2. The number of thiophene rings is 1. The summed E-state index contributed by atoms with van der Waals surface area (Å²) in [6, 6.07) is 11.3. The minimum absolute atomic E-state index is 0. The number of piperazine rings is 1. The fraction of sp³-hybridized carbons (Fsp3) is 0.522. The predicted molar refractivity (Wildman–Crippen MR) is 138 cm³/mol. The number of nitrogens with zero attached hydrogens (tertiary/aromatic N) is 3. The zero-order chi connectivity index (χ0) is 20.8. The number of ether oxygens (including phenoxy) is 1. The van der Waals surface area contributed by atoms with Gasteiger partial charge in [0.2, 0.25) is 0 Å². The van der Waals surface area contributed by atoms with Crippen LogP contribution in [0.4, 0.5) is 9.39 Å². The van der Waals surface area contributed by atoms with E-state index in [-0.39, 0.29) is 35.2 Å². The van der Waals surface area contributed by atoms with Crippen LogP contribution < -0.4 is 10.2 Å². The number of anilines is 1. The second kappa shape index (κ2) is 11.5. The van der Waals surface area contributed by atoms with Gasteiger partial charge in [0.25, 0.3) is 0 Å². The van der Waals surface area contributed by atoms with Crippen LogP contribution in [0.25, 0.3) is 0 Å². The van der Waals surface area contributed by atoms with Crippen LogP contribution in [-0.4, -0.2) is 63.3 Å². The van der Waals surface area contributed by atoms with E-state index in [2.05, 4.69) is 39.6 Å². The van der Waals surface area contributed by atoms with Gasteiger partial charge in [-0.25, -0.2) is 4.39 Å². The largest absolute Gasteiger partial charge is 0.381 e. The lowest BCUT2D eigenvalue weighted by molar-refractivity contribution is 0.0530. The quantitative estimate of drug-likeness (QED) is 0.337. The lowest BCUT2D eigenvalue weighted by Gasteiger charge is -2.39. The SMILES string of the molecule is CCNC(=NCC1(c2ccc(F)cc2)CCOCC1)N1CCN(c2cccs2)CC1.I. The first-order valence-electron chi connectivity index (χ1n) is 10.9. The maximum absolute atomic E-state index is 13.5. The number of guanidine groups is 1. The van der Waals surface area contributed by atoms with Crippen molar-refractivity contribution in [1.29, 1.82) is 0 Å². The molecule has 0 saturated carbocycles. The van der Waals surface area contributed by atoms with E-state index in [9.17, 15) is 4.39 Å². The minimum Gasteiger partial charge on any atom is -0.381 e. The summed E-state index contributed by atoms with van der Waals surface area (Å²) in [5.74, 6) is 0.790. The van der Waals surface area contributed by atoms with Crippen molar-refractivity contribution >= 4 is 46.3 Å². The average molecular weight is 559 g/mol. The Hall–Kier alpha value is -1.39. The predicted octanol–water partition coefficient (Wildman–Crippen LogP) is 4.34. The molecule has 0 spiro atoms. The summed E-state index contributed by atoms with van der Waals surface area (Å²) in [5, 5.41) is 6.96. The average Bonchev–Trinajstić information content (AvgIpc) is 3.33. The third-order valence-corrected chi connectivity index (χ3v) is 7.10. The van der Waals surface area contributed by atoms with Crippen LogP contribution in [-0.2, 0) is 10.2 Å². The molecule has 0 amide bonds. The van der Waals surface area contributed by atoms with E-state index >= 15 is 0 Å². The van der Waals surface area contributed by atoms with E-state index in [4.69, 9.17) is 9.73 Å². The molecule has 0 radical (unpaired) electrons. The first kappa shape index (κ1) is 24.3. The molecule has 1 aromatic carbocycles. The molecular weight excluding hydrogens is 526 g/mol. The van der Waals surface area contributed by atoms with Gasteiger partial charge in [-0.2, -0.15) is 0 Å². The van der Waals surface area contributed by atoms with E-state index in [0.717, 1.165) is 70.3 Å². The van der Waals surface area contributed by atoms with Gasteiger partial charge in [-0.05, 0) is 55.0 Å². The van der Waals surface area contributed by atoms with Crippen molar-refractivity contribution < 1.29 is 9.13 Å². The van der Waals surface area contributed by atoms with Crippen molar-refractivity contribution in [3.05, 3.63) is 53.2 Å². The number of hydrogen-bond donors (Lipinski definition) is 1. The maximum Gasteiger partial charge on any atom is 0.194 e. The molecule has 3 heterocycles. The Kier molecular flexibility index (Phi) is 8.97. The minimum atomic E-state index is -0.193. The van der Waals surface area contributed by atoms with Crippen molar-refractivity contribution in [2.75, 3.05) is 57.4 Å². The second-order valence-electron chi connectivity index (χ2n) is 8.00. The molecule has 2 aromatic rings. The summed E-state index contributed by atoms with van der Waals surface area (Å²) in [4.78, 5) is 9.90. The van der Waals surface area contributed by atoms with Gasteiger partial charge in [0, 0.05) is 51.4 Å². The number of aliphatic imine (C=N–C) groups is 1. The highest BCUT2D eigenvalue weighted by molar-refractivity contribution is 14.0. The Morgan fingerprint density at radius 3 is 2.45 bits per heavy atom. The highest BCUT2D eigenvalue weighted by Gasteiger charge is 2.35. The summed E-state index contributed by atoms with van der Waals surface area (Å²) < 4.78 is 19.1. The fourth-order valence-electron chi connectivity index (χ4n) is 4.34. The van der Waals surface area contributed by atoms with Crippen molar-refractivity contribution in [2.45, 2.75) is 25.2 Å². The maximum atomic E-state index is 13.5. The van der Waals surface area contributed by atoms with Gasteiger partial charge in [-0.3, -0.25) is 4.99 Å². The van der Waals surface area contributed by atoms with Crippen LogP contribution in [0.5, 0.6) is 0 Å². The first-order chi connectivity index (χ1) is 14.7. The van der Waals surface area contributed by atoms with Crippen LogP contribution in [0.2, 0.25) is 0 Å². The summed E-state index contributed by atoms with van der Waals surface area (Å²) in [6.07, 6.45) is 1.82. The smallest absolute Gasteiger partial charge is 0.194 e. The van der Waals surface area contributed by atoms with Crippen LogP contribution in [0, 0.1) is 5.82 Å². The number of hydrogen-bond acceptors (Lipinski definition) is 4.